The molecule has 3 heteroatoms. The predicted molar refractivity (Wildman–Crippen MR) is 84.0 cm³/mol. The third-order valence-electron chi connectivity index (χ3n) is 4.18. The average molecular weight is 272 g/mol. The molecule has 3 nitrogen and oxygen atoms in total. The first-order chi connectivity index (χ1) is 9.52. The highest BCUT2D eigenvalue weighted by Gasteiger charge is 2.27. The quantitative estimate of drug-likeness (QED) is 0.462. The molecule has 1 aliphatic rings. The third-order valence-corrected chi connectivity index (χ3v) is 4.18. The van der Waals surface area contributed by atoms with E-state index in [1.54, 1.807) is 0 Å². The zero-order valence-electron chi connectivity index (χ0n) is 12.9. The second-order valence-electron chi connectivity index (χ2n) is 5.76. The van der Waals surface area contributed by atoms with Gasteiger partial charge in [0, 0.05) is 25.1 Å². The van der Waals surface area contributed by atoms with Gasteiger partial charge in [-0.15, -0.1) is 0 Å². The van der Waals surface area contributed by atoms with Gasteiger partial charge in [-0.1, -0.05) is 6.42 Å². The smallest absolute Gasteiger partial charge is 0.166 e. The molecule has 1 aromatic rings. The van der Waals surface area contributed by atoms with Crippen molar-refractivity contribution in [3.8, 4) is 0 Å². The second-order valence-corrected chi connectivity index (χ2v) is 5.76. The molecule has 0 unspecified atom stereocenters. The fourth-order valence-corrected chi connectivity index (χ4v) is 2.34. The summed E-state index contributed by atoms with van der Waals surface area (Å²) in [6.07, 6.45) is 5.15. The first kappa shape index (κ1) is 14.8. The lowest BCUT2D eigenvalue weighted by Gasteiger charge is -2.24. The van der Waals surface area contributed by atoms with Crippen LogP contribution in [0.1, 0.15) is 47.7 Å². The van der Waals surface area contributed by atoms with E-state index < -0.39 is 0 Å². The van der Waals surface area contributed by atoms with Gasteiger partial charge in [-0.3, -0.25) is 4.79 Å². The minimum Gasteiger partial charge on any atom is -0.366 e. The van der Waals surface area contributed by atoms with Crippen LogP contribution >= 0.6 is 0 Å². The van der Waals surface area contributed by atoms with E-state index in [4.69, 9.17) is 0 Å². The van der Waals surface area contributed by atoms with E-state index in [-0.39, 0.29) is 5.92 Å². The van der Waals surface area contributed by atoms with Crippen molar-refractivity contribution >= 4 is 17.8 Å². The summed E-state index contributed by atoms with van der Waals surface area (Å²) in [4.78, 5) is 18.9. The van der Waals surface area contributed by atoms with Gasteiger partial charge in [0.25, 0.3) is 0 Å². The van der Waals surface area contributed by atoms with Crippen LogP contribution in [0.4, 0.5) is 5.69 Å². The number of aliphatic imine (C=N–C) groups is 1. The summed E-state index contributed by atoms with van der Waals surface area (Å²) in [5, 5.41) is 0. The highest BCUT2D eigenvalue weighted by molar-refractivity contribution is 6.00. The maximum Gasteiger partial charge on any atom is 0.166 e. The van der Waals surface area contributed by atoms with Crippen LogP contribution in [0, 0.1) is 19.8 Å². The minimum atomic E-state index is 0.258. The van der Waals surface area contributed by atoms with Crippen LogP contribution in [0.25, 0.3) is 0 Å². The lowest BCUT2D eigenvalue weighted by atomic mass is 9.79. The molecule has 0 bridgehead atoms. The SMILES string of the molecule is CCN(C)C=Nc1cc(C)c(C(=O)C2CCC2)cc1C. The Hall–Kier alpha value is -1.64. The Kier molecular flexibility index (Phi) is 4.58. The Labute approximate surface area is 121 Å². The predicted octanol–water partition coefficient (Wildman–Crippen LogP) is 3.90. The molecule has 0 radical (unpaired) electrons. The molecule has 0 N–H and O–H groups in total. The van der Waals surface area contributed by atoms with Gasteiger partial charge < -0.3 is 4.90 Å². The lowest BCUT2D eigenvalue weighted by Crippen LogP contribution is -2.22. The zero-order chi connectivity index (χ0) is 14.7. The van der Waals surface area contributed by atoms with Crippen molar-refractivity contribution in [1.82, 2.24) is 4.90 Å². The summed E-state index contributed by atoms with van der Waals surface area (Å²) < 4.78 is 0. The molecule has 0 heterocycles. The van der Waals surface area contributed by atoms with E-state index in [1.165, 1.54) is 6.42 Å². The number of carbonyl (C=O) groups is 1. The van der Waals surface area contributed by atoms with Crippen molar-refractivity contribution in [2.45, 2.75) is 40.0 Å². The topological polar surface area (TPSA) is 32.7 Å². The largest absolute Gasteiger partial charge is 0.366 e. The first-order valence-corrected chi connectivity index (χ1v) is 7.42. The third kappa shape index (κ3) is 3.09. The van der Waals surface area contributed by atoms with Crippen molar-refractivity contribution in [2.75, 3.05) is 13.6 Å². The number of carbonyl (C=O) groups excluding carboxylic acids is 1. The van der Waals surface area contributed by atoms with Gasteiger partial charge in [-0.25, -0.2) is 4.99 Å². The number of rotatable bonds is 5. The van der Waals surface area contributed by atoms with E-state index in [0.717, 1.165) is 41.8 Å². The summed E-state index contributed by atoms with van der Waals surface area (Å²) in [5.74, 6) is 0.576. The summed E-state index contributed by atoms with van der Waals surface area (Å²) in [5.41, 5.74) is 3.95. The molecule has 0 amide bonds. The van der Waals surface area contributed by atoms with Crippen LogP contribution in [0.2, 0.25) is 0 Å². The van der Waals surface area contributed by atoms with E-state index in [9.17, 15) is 4.79 Å². The molecule has 1 aliphatic carbocycles. The minimum absolute atomic E-state index is 0.258. The number of nitrogens with zero attached hydrogens (tertiary/aromatic N) is 2. The molecule has 1 aromatic carbocycles. The molecule has 0 aliphatic heterocycles. The fourth-order valence-electron chi connectivity index (χ4n) is 2.34. The maximum atomic E-state index is 12.4. The Bertz CT molecular complexity index is 530. The Morgan fingerprint density at radius 2 is 2.05 bits per heavy atom. The Morgan fingerprint density at radius 3 is 2.60 bits per heavy atom. The summed E-state index contributed by atoms with van der Waals surface area (Å²) >= 11 is 0. The molecule has 0 spiro atoms. The van der Waals surface area contributed by atoms with E-state index in [1.807, 2.05) is 44.3 Å². The van der Waals surface area contributed by atoms with Crippen molar-refractivity contribution < 1.29 is 4.79 Å². The number of ketones is 1. The number of aryl methyl sites for hydroxylation is 2. The van der Waals surface area contributed by atoms with Crippen LogP contribution in [0.3, 0.4) is 0 Å². The summed E-state index contributed by atoms with van der Waals surface area (Å²) in [6.45, 7) is 7.05. The van der Waals surface area contributed by atoms with Gasteiger partial charge in [-0.05, 0) is 56.9 Å². The van der Waals surface area contributed by atoms with E-state index >= 15 is 0 Å². The van der Waals surface area contributed by atoms with E-state index in [2.05, 4.69) is 11.9 Å². The molecule has 20 heavy (non-hydrogen) atoms. The molecular formula is C17H24N2O. The van der Waals surface area contributed by atoms with Crippen molar-refractivity contribution in [1.29, 1.82) is 0 Å². The molecule has 0 saturated heterocycles. The molecule has 0 atom stereocenters. The summed E-state index contributed by atoms with van der Waals surface area (Å²) in [6, 6.07) is 4.04. The van der Waals surface area contributed by atoms with Crippen LogP contribution in [-0.4, -0.2) is 30.6 Å². The van der Waals surface area contributed by atoms with Gasteiger partial charge in [0.1, 0.15) is 0 Å². The number of hydrogen-bond donors (Lipinski definition) is 0. The molecule has 1 saturated carbocycles. The van der Waals surface area contributed by atoms with Gasteiger partial charge in [-0.2, -0.15) is 0 Å². The van der Waals surface area contributed by atoms with Gasteiger partial charge in [0.15, 0.2) is 5.78 Å². The zero-order valence-corrected chi connectivity index (χ0v) is 12.9. The number of hydrogen-bond acceptors (Lipinski definition) is 2. The Balaban J connectivity index is 2.24. The monoisotopic (exact) mass is 272 g/mol. The second kappa shape index (κ2) is 6.21. The molecule has 1 fully saturated rings. The highest BCUT2D eigenvalue weighted by Crippen LogP contribution is 2.32. The van der Waals surface area contributed by atoms with Crippen LogP contribution < -0.4 is 0 Å². The average Bonchev–Trinajstić information content (AvgIpc) is 2.36. The highest BCUT2D eigenvalue weighted by atomic mass is 16.1. The van der Waals surface area contributed by atoms with Crippen molar-refractivity contribution in [2.24, 2.45) is 10.9 Å². The van der Waals surface area contributed by atoms with Crippen LogP contribution in [0.5, 0.6) is 0 Å². The van der Waals surface area contributed by atoms with Crippen molar-refractivity contribution in [3.05, 3.63) is 28.8 Å². The standard InChI is InChI=1S/C17H24N2O/c1-5-19(4)11-18-16-10-12(2)15(9-13(16)3)17(20)14-7-6-8-14/h9-11,14H,5-8H2,1-4H3. The number of benzene rings is 1. The first-order valence-electron chi connectivity index (χ1n) is 7.42. The fraction of sp³-hybridized carbons (Fsp3) is 0.529. The molecule has 0 aromatic heterocycles. The van der Waals surface area contributed by atoms with Gasteiger partial charge in [0.2, 0.25) is 0 Å². The Morgan fingerprint density at radius 1 is 1.35 bits per heavy atom. The molecular weight excluding hydrogens is 248 g/mol. The maximum absolute atomic E-state index is 12.4. The lowest BCUT2D eigenvalue weighted by molar-refractivity contribution is 0.0854. The van der Waals surface area contributed by atoms with Crippen LogP contribution in [0.15, 0.2) is 17.1 Å². The number of Topliss-reactive ketones (excluding diaryl/α,β-unsaturated/α-hetero) is 1. The summed E-state index contributed by atoms with van der Waals surface area (Å²) in [7, 11) is 2.00. The normalized spacial score (nSPS) is 15.4. The molecule has 2 rings (SSSR count). The van der Waals surface area contributed by atoms with E-state index in [0.29, 0.717) is 5.78 Å². The van der Waals surface area contributed by atoms with Crippen molar-refractivity contribution in [3.63, 3.8) is 0 Å². The van der Waals surface area contributed by atoms with Gasteiger partial charge >= 0.3 is 0 Å². The van der Waals surface area contributed by atoms with Crippen LogP contribution in [-0.2, 0) is 0 Å². The molecule has 108 valence electrons. The van der Waals surface area contributed by atoms with Gasteiger partial charge in [0.05, 0.1) is 12.0 Å².